The molecule has 0 aliphatic carbocycles. The Morgan fingerprint density at radius 2 is 1.89 bits per heavy atom. The van der Waals surface area contributed by atoms with Crippen LogP contribution in [-0.4, -0.2) is 5.91 Å². The van der Waals surface area contributed by atoms with Gasteiger partial charge >= 0.3 is 0 Å². The molecule has 3 nitrogen and oxygen atoms in total. The number of rotatable bonds is 2. The molecule has 2 rings (SSSR count). The van der Waals surface area contributed by atoms with Crippen molar-refractivity contribution < 1.29 is 9.18 Å². The summed E-state index contributed by atoms with van der Waals surface area (Å²) in [6, 6.07) is 13.9. The van der Waals surface area contributed by atoms with Crippen LogP contribution in [0.5, 0.6) is 0 Å². The second-order valence-electron chi connectivity index (χ2n) is 3.65. The van der Waals surface area contributed by atoms with E-state index in [0.29, 0.717) is 11.3 Å². The van der Waals surface area contributed by atoms with Crippen LogP contribution in [0.25, 0.3) is 0 Å². The summed E-state index contributed by atoms with van der Waals surface area (Å²) in [7, 11) is 0. The lowest BCUT2D eigenvalue weighted by atomic mass is 10.2. The summed E-state index contributed by atoms with van der Waals surface area (Å²) >= 11 is 0. The molecule has 0 heterocycles. The highest BCUT2D eigenvalue weighted by Crippen LogP contribution is 2.11. The van der Waals surface area contributed by atoms with Crippen LogP contribution in [0, 0.1) is 17.1 Å². The van der Waals surface area contributed by atoms with Crippen LogP contribution in [0.15, 0.2) is 48.5 Å². The quantitative estimate of drug-likeness (QED) is 0.877. The number of nitriles is 1. The van der Waals surface area contributed by atoms with Crippen molar-refractivity contribution in [3.05, 3.63) is 65.5 Å². The van der Waals surface area contributed by atoms with E-state index in [-0.39, 0.29) is 11.5 Å². The number of carbonyl (C=O) groups is 1. The number of anilines is 1. The molecule has 0 aromatic heterocycles. The number of carbonyl (C=O) groups excluding carboxylic acids is 1. The van der Waals surface area contributed by atoms with Crippen molar-refractivity contribution in [1.29, 1.82) is 5.26 Å². The van der Waals surface area contributed by atoms with E-state index in [4.69, 9.17) is 5.26 Å². The lowest BCUT2D eigenvalue weighted by Crippen LogP contribution is -2.11. The Balaban J connectivity index is 2.14. The monoisotopic (exact) mass is 240 g/mol. The molecule has 1 amide bonds. The van der Waals surface area contributed by atoms with E-state index in [1.807, 2.05) is 6.07 Å². The number of benzene rings is 2. The van der Waals surface area contributed by atoms with Gasteiger partial charge in [-0.3, -0.25) is 4.79 Å². The van der Waals surface area contributed by atoms with E-state index < -0.39 is 5.82 Å². The highest BCUT2D eigenvalue weighted by Gasteiger charge is 2.06. The molecule has 0 saturated heterocycles. The number of hydrogen-bond acceptors (Lipinski definition) is 2. The predicted molar refractivity (Wildman–Crippen MR) is 65.5 cm³/mol. The number of amides is 1. The maximum atomic E-state index is 12.9. The molecule has 0 fully saturated rings. The molecule has 2 aromatic rings. The van der Waals surface area contributed by atoms with Crippen molar-refractivity contribution >= 4 is 11.6 Å². The van der Waals surface area contributed by atoms with E-state index in [1.54, 1.807) is 24.3 Å². The Labute approximate surface area is 103 Å². The number of hydrogen-bond donors (Lipinski definition) is 1. The second-order valence-corrected chi connectivity index (χ2v) is 3.65. The molecule has 2 aromatic carbocycles. The van der Waals surface area contributed by atoms with Crippen molar-refractivity contribution in [2.45, 2.75) is 0 Å². The molecule has 18 heavy (non-hydrogen) atoms. The topological polar surface area (TPSA) is 52.9 Å². The Kier molecular flexibility index (Phi) is 3.35. The van der Waals surface area contributed by atoms with Gasteiger partial charge in [-0.25, -0.2) is 4.39 Å². The molecule has 0 aliphatic rings. The van der Waals surface area contributed by atoms with E-state index in [2.05, 4.69) is 5.32 Å². The van der Waals surface area contributed by atoms with Gasteiger partial charge in [-0.05, 0) is 42.5 Å². The molecule has 0 spiro atoms. The normalized spacial score (nSPS) is 9.56. The lowest BCUT2D eigenvalue weighted by molar-refractivity contribution is 0.102. The van der Waals surface area contributed by atoms with Gasteiger partial charge in [0.05, 0.1) is 11.6 Å². The van der Waals surface area contributed by atoms with Crippen LogP contribution < -0.4 is 5.32 Å². The molecule has 4 heteroatoms. The zero-order chi connectivity index (χ0) is 13.0. The Bertz CT molecular complexity index is 614. The molecule has 88 valence electrons. The van der Waals surface area contributed by atoms with Crippen molar-refractivity contribution in [3.63, 3.8) is 0 Å². The first-order chi connectivity index (χ1) is 8.69. The van der Waals surface area contributed by atoms with Gasteiger partial charge in [0.25, 0.3) is 5.91 Å². The summed E-state index contributed by atoms with van der Waals surface area (Å²) in [5.74, 6) is -0.846. The van der Waals surface area contributed by atoms with Gasteiger partial charge in [0.1, 0.15) is 5.82 Å². The SMILES string of the molecule is N#Cc1ccc(NC(=O)c2cccc(F)c2)cc1. The van der Waals surface area contributed by atoms with Gasteiger partial charge in [0.15, 0.2) is 0 Å². The third-order valence-electron chi connectivity index (χ3n) is 2.36. The fraction of sp³-hybridized carbons (Fsp3) is 0. The van der Waals surface area contributed by atoms with Crippen molar-refractivity contribution in [2.75, 3.05) is 5.32 Å². The first-order valence-electron chi connectivity index (χ1n) is 5.26. The van der Waals surface area contributed by atoms with E-state index in [1.165, 1.54) is 24.3 Å². The molecule has 1 N–H and O–H groups in total. The van der Waals surface area contributed by atoms with Crippen molar-refractivity contribution in [2.24, 2.45) is 0 Å². The van der Waals surface area contributed by atoms with Gasteiger partial charge in [-0.2, -0.15) is 5.26 Å². The minimum Gasteiger partial charge on any atom is -0.322 e. The Hall–Kier alpha value is -2.67. The maximum absolute atomic E-state index is 12.9. The molecule has 0 radical (unpaired) electrons. The first kappa shape index (κ1) is 11.8. The lowest BCUT2D eigenvalue weighted by Gasteiger charge is -2.05. The smallest absolute Gasteiger partial charge is 0.255 e. The van der Waals surface area contributed by atoms with Crippen LogP contribution in [0.3, 0.4) is 0 Å². The molecule has 0 bridgehead atoms. The summed E-state index contributed by atoms with van der Waals surface area (Å²) in [5.41, 5.74) is 1.32. The van der Waals surface area contributed by atoms with Gasteiger partial charge in [0, 0.05) is 11.3 Å². The highest BCUT2D eigenvalue weighted by molar-refractivity contribution is 6.04. The zero-order valence-corrected chi connectivity index (χ0v) is 9.35. The maximum Gasteiger partial charge on any atom is 0.255 e. The second kappa shape index (κ2) is 5.11. The molecule has 0 saturated carbocycles. The third-order valence-corrected chi connectivity index (χ3v) is 2.36. The van der Waals surface area contributed by atoms with Gasteiger partial charge in [0.2, 0.25) is 0 Å². The Morgan fingerprint density at radius 3 is 2.50 bits per heavy atom. The van der Waals surface area contributed by atoms with Gasteiger partial charge in [-0.15, -0.1) is 0 Å². The number of nitrogens with zero attached hydrogens (tertiary/aromatic N) is 1. The molecule has 0 unspecified atom stereocenters. The Morgan fingerprint density at radius 1 is 1.17 bits per heavy atom. The summed E-state index contributed by atoms with van der Waals surface area (Å²) < 4.78 is 12.9. The molecular formula is C14H9FN2O. The summed E-state index contributed by atoms with van der Waals surface area (Å²) in [6.07, 6.45) is 0. The van der Waals surface area contributed by atoms with Crippen molar-refractivity contribution in [3.8, 4) is 6.07 Å². The van der Waals surface area contributed by atoms with Gasteiger partial charge < -0.3 is 5.32 Å². The highest BCUT2D eigenvalue weighted by atomic mass is 19.1. The number of nitrogens with one attached hydrogen (secondary N) is 1. The zero-order valence-electron chi connectivity index (χ0n) is 9.35. The minimum absolute atomic E-state index is 0.249. The number of halogens is 1. The van der Waals surface area contributed by atoms with Crippen LogP contribution >= 0.6 is 0 Å². The standard InChI is InChI=1S/C14H9FN2O/c15-12-3-1-2-11(8-12)14(18)17-13-6-4-10(9-16)5-7-13/h1-8H,(H,17,18). The summed E-state index contributed by atoms with van der Waals surface area (Å²) in [6.45, 7) is 0. The average molecular weight is 240 g/mol. The van der Waals surface area contributed by atoms with Crippen LogP contribution in [-0.2, 0) is 0 Å². The average Bonchev–Trinajstić information content (AvgIpc) is 2.39. The van der Waals surface area contributed by atoms with E-state index in [9.17, 15) is 9.18 Å². The van der Waals surface area contributed by atoms with E-state index >= 15 is 0 Å². The van der Waals surface area contributed by atoms with E-state index in [0.717, 1.165) is 0 Å². The molecule has 0 aliphatic heterocycles. The summed E-state index contributed by atoms with van der Waals surface area (Å²) in [4.78, 5) is 11.8. The fourth-order valence-corrected chi connectivity index (χ4v) is 1.46. The summed E-state index contributed by atoms with van der Waals surface area (Å²) in [5, 5.41) is 11.3. The molecule has 0 atom stereocenters. The van der Waals surface area contributed by atoms with Crippen LogP contribution in [0.1, 0.15) is 15.9 Å². The largest absolute Gasteiger partial charge is 0.322 e. The fourth-order valence-electron chi connectivity index (χ4n) is 1.46. The predicted octanol–water partition coefficient (Wildman–Crippen LogP) is 2.95. The molecular weight excluding hydrogens is 231 g/mol. The van der Waals surface area contributed by atoms with Crippen LogP contribution in [0.2, 0.25) is 0 Å². The first-order valence-corrected chi connectivity index (χ1v) is 5.26. The minimum atomic E-state index is -0.456. The van der Waals surface area contributed by atoms with Gasteiger partial charge in [-0.1, -0.05) is 6.07 Å². The van der Waals surface area contributed by atoms with Crippen molar-refractivity contribution in [1.82, 2.24) is 0 Å². The van der Waals surface area contributed by atoms with Crippen LogP contribution in [0.4, 0.5) is 10.1 Å². The third kappa shape index (κ3) is 2.71.